The minimum absolute atomic E-state index is 0.133. The molecule has 1 fully saturated rings. The molecule has 1 aliphatic heterocycles. The van der Waals surface area contributed by atoms with Gasteiger partial charge in [-0.05, 0) is 19.3 Å². The van der Waals surface area contributed by atoms with Gasteiger partial charge >= 0.3 is 0 Å². The highest BCUT2D eigenvalue weighted by Crippen LogP contribution is 2.19. The van der Waals surface area contributed by atoms with Crippen molar-refractivity contribution in [2.24, 2.45) is 5.14 Å². The molecule has 1 aliphatic rings. The molecule has 0 saturated carbocycles. The smallest absolute Gasteiger partial charge is 0.273 e. The van der Waals surface area contributed by atoms with Crippen LogP contribution in [0.3, 0.4) is 0 Å². The van der Waals surface area contributed by atoms with Crippen molar-refractivity contribution in [2.75, 3.05) is 13.2 Å². The molecular weight excluding hydrogens is 296 g/mol. The van der Waals surface area contributed by atoms with Gasteiger partial charge < -0.3 is 10.1 Å². The first-order valence-corrected chi connectivity index (χ1v) is 8.46. The Kier molecular flexibility index (Phi) is 4.96. The van der Waals surface area contributed by atoms with Crippen LogP contribution in [0.15, 0.2) is 4.90 Å². The highest BCUT2D eigenvalue weighted by Gasteiger charge is 2.28. The Labute approximate surface area is 123 Å². The highest BCUT2D eigenvalue weighted by molar-refractivity contribution is 7.89. The molecule has 0 radical (unpaired) electrons. The SMILES string of the molecule is CCCc1[nH]nc(C(=O)NC2CCCOC2)c1S(N)(=O)=O. The molecule has 2 heterocycles. The zero-order valence-corrected chi connectivity index (χ0v) is 12.7. The summed E-state index contributed by atoms with van der Waals surface area (Å²) in [7, 11) is -4.01. The van der Waals surface area contributed by atoms with Gasteiger partial charge in [-0.25, -0.2) is 13.6 Å². The molecule has 2 rings (SSSR count). The number of amides is 1. The van der Waals surface area contributed by atoms with Gasteiger partial charge in [0.05, 0.1) is 18.3 Å². The molecule has 1 atom stereocenters. The number of aromatic amines is 1. The summed E-state index contributed by atoms with van der Waals surface area (Å²) in [6, 6.07) is -0.133. The van der Waals surface area contributed by atoms with Crippen molar-refractivity contribution in [1.82, 2.24) is 15.5 Å². The summed E-state index contributed by atoms with van der Waals surface area (Å²) < 4.78 is 28.7. The monoisotopic (exact) mass is 316 g/mol. The van der Waals surface area contributed by atoms with E-state index in [0.717, 1.165) is 12.8 Å². The molecule has 9 heteroatoms. The zero-order valence-electron chi connectivity index (χ0n) is 11.9. The van der Waals surface area contributed by atoms with Crippen LogP contribution in [0, 0.1) is 0 Å². The lowest BCUT2D eigenvalue weighted by atomic mass is 10.1. The van der Waals surface area contributed by atoms with Crippen molar-refractivity contribution in [1.29, 1.82) is 0 Å². The second-order valence-electron chi connectivity index (χ2n) is 5.06. The standard InChI is InChI=1S/C12H20N4O4S/c1-2-4-9-11(21(13,18)19)10(16-15-9)12(17)14-8-5-3-6-20-7-8/h8H,2-7H2,1H3,(H,14,17)(H,15,16)(H2,13,18,19). The molecule has 0 aromatic carbocycles. The fraction of sp³-hybridized carbons (Fsp3) is 0.667. The topological polar surface area (TPSA) is 127 Å². The van der Waals surface area contributed by atoms with E-state index in [9.17, 15) is 13.2 Å². The second kappa shape index (κ2) is 6.54. The van der Waals surface area contributed by atoms with E-state index in [1.54, 1.807) is 0 Å². The Bertz CT molecular complexity index is 605. The normalized spacial score (nSPS) is 19.4. The van der Waals surface area contributed by atoms with Gasteiger partial charge in [0.15, 0.2) is 5.69 Å². The van der Waals surface area contributed by atoms with E-state index in [-0.39, 0.29) is 16.6 Å². The molecule has 1 unspecified atom stereocenters. The summed E-state index contributed by atoms with van der Waals surface area (Å²) in [5.74, 6) is -0.548. The maximum absolute atomic E-state index is 12.2. The van der Waals surface area contributed by atoms with Crippen molar-refractivity contribution in [3.8, 4) is 0 Å². The number of aromatic nitrogens is 2. The molecule has 0 bridgehead atoms. The fourth-order valence-corrected chi connectivity index (χ4v) is 3.25. The summed E-state index contributed by atoms with van der Waals surface area (Å²) in [5, 5.41) is 14.4. The number of ether oxygens (including phenoxy) is 1. The van der Waals surface area contributed by atoms with Gasteiger partial charge in [0.2, 0.25) is 10.0 Å². The molecule has 8 nitrogen and oxygen atoms in total. The number of hydrogen-bond acceptors (Lipinski definition) is 5. The molecule has 4 N–H and O–H groups in total. The Morgan fingerprint density at radius 1 is 1.57 bits per heavy atom. The molecule has 0 spiro atoms. The van der Waals surface area contributed by atoms with Gasteiger partial charge in [0, 0.05) is 6.61 Å². The number of sulfonamides is 1. The minimum atomic E-state index is -4.01. The van der Waals surface area contributed by atoms with Crippen LogP contribution in [-0.2, 0) is 21.2 Å². The Morgan fingerprint density at radius 2 is 2.33 bits per heavy atom. The predicted molar refractivity (Wildman–Crippen MR) is 75.3 cm³/mol. The number of nitrogens with one attached hydrogen (secondary N) is 2. The molecule has 118 valence electrons. The average Bonchev–Trinajstić information content (AvgIpc) is 2.84. The fourth-order valence-electron chi connectivity index (χ4n) is 2.36. The molecule has 1 saturated heterocycles. The van der Waals surface area contributed by atoms with Crippen molar-refractivity contribution in [3.05, 3.63) is 11.4 Å². The van der Waals surface area contributed by atoms with Gasteiger partial charge in [0.1, 0.15) is 4.90 Å². The molecule has 1 amide bonds. The number of H-pyrrole nitrogens is 1. The maximum Gasteiger partial charge on any atom is 0.273 e. The van der Waals surface area contributed by atoms with Gasteiger partial charge in [-0.1, -0.05) is 13.3 Å². The van der Waals surface area contributed by atoms with Crippen molar-refractivity contribution in [2.45, 2.75) is 43.5 Å². The Balaban J connectivity index is 2.24. The lowest BCUT2D eigenvalue weighted by Gasteiger charge is -2.22. The van der Waals surface area contributed by atoms with Gasteiger partial charge in [-0.2, -0.15) is 5.10 Å². The van der Waals surface area contributed by atoms with Gasteiger partial charge in [0.25, 0.3) is 5.91 Å². The van der Waals surface area contributed by atoms with Crippen molar-refractivity contribution < 1.29 is 17.9 Å². The van der Waals surface area contributed by atoms with E-state index < -0.39 is 15.9 Å². The summed E-state index contributed by atoms with van der Waals surface area (Å²) in [6.45, 7) is 2.99. The molecule has 1 aromatic rings. The molecule has 21 heavy (non-hydrogen) atoms. The lowest BCUT2D eigenvalue weighted by Crippen LogP contribution is -2.41. The molecule has 0 aliphatic carbocycles. The van der Waals surface area contributed by atoms with E-state index in [4.69, 9.17) is 9.88 Å². The van der Waals surface area contributed by atoms with Gasteiger partial charge in [-0.15, -0.1) is 0 Å². The number of nitrogens with two attached hydrogens (primary N) is 1. The third-order valence-corrected chi connectivity index (χ3v) is 4.30. The first-order chi connectivity index (χ1) is 9.93. The summed E-state index contributed by atoms with van der Waals surface area (Å²) in [4.78, 5) is 12.0. The zero-order chi connectivity index (χ0) is 15.5. The van der Waals surface area contributed by atoms with Crippen LogP contribution < -0.4 is 10.5 Å². The molecule has 1 aromatic heterocycles. The van der Waals surface area contributed by atoms with Crippen LogP contribution in [-0.4, -0.2) is 43.8 Å². The average molecular weight is 316 g/mol. The number of hydrogen-bond donors (Lipinski definition) is 3. The van der Waals surface area contributed by atoms with E-state index in [2.05, 4.69) is 15.5 Å². The predicted octanol–water partition coefficient (Wildman–Crippen LogP) is -0.0816. The van der Waals surface area contributed by atoms with E-state index in [1.807, 2.05) is 6.92 Å². The Hall–Kier alpha value is -1.45. The number of carbonyl (C=O) groups excluding carboxylic acids is 1. The number of rotatable bonds is 5. The number of primary sulfonamides is 1. The summed E-state index contributed by atoms with van der Waals surface area (Å²) in [5.41, 5.74) is 0.191. The summed E-state index contributed by atoms with van der Waals surface area (Å²) in [6.07, 6.45) is 2.82. The quantitative estimate of drug-likeness (QED) is 0.700. The first kappa shape index (κ1) is 15.9. The Morgan fingerprint density at radius 3 is 2.90 bits per heavy atom. The third kappa shape index (κ3) is 3.80. The minimum Gasteiger partial charge on any atom is -0.379 e. The van der Waals surface area contributed by atoms with Gasteiger partial charge in [-0.3, -0.25) is 9.89 Å². The van der Waals surface area contributed by atoms with Crippen LogP contribution in [0.2, 0.25) is 0 Å². The maximum atomic E-state index is 12.2. The largest absolute Gasteiger partial charge is 0.379 e. The van der Waals surface area contributed by atoms with Crippen LogP contribution in [0.5, 0.6) is 0 Å². The van der Waals surface area contributed by atoms with E-state index in [0.29, 0.717) is 31.7 Å². The first-order valence-electron chi connectivity index (χ1n) is 6.92. The number of carbonyl (C=O) groups is 1. The van der Waals surface area contributed by atoms with Crippen LogP contribution >= 0.6 is 0 Å². The van der Waals surface area contributed by atoms with Crippen LogP contribution in [0.4, 0.5) is 0 Å². The van der Waals surface area contributed by atoms with Crippen LogP contribution in [0.25, 0.3) is 0 Å². The molecular formula is C12H20N4O4S. The van der Waals surface area contributed by atoms with E-state index >= 15 is 0 Å². The second-order valence-corrected chi connectivity index (χ2v) is 6.56. The lowest BCUT2D eigenvalue weighted by molar-refractivity contribution is 0.0620. The van der Waals surface area contributed by atoms with Crippen molar-refractivity contribution >= 4 is 15.9 Å². The number of aryl methyl sites for hydroxylation is 1. The third-order valence-electron chi connectivity index (χ3n) is 3.29. The van der Waals surface area contributed by atoms with Crippen molar-refractivity contribution in [3.63, 3.8) is 0 Å². The highest BCUT2D eigenvalue weighted by atomic mass is 32.2. The van der Waals surface area contributed by atoms with Crippen LogP contribution in [0.1, 0.15) is 42.4 Å². The number of nitrogens with zero attached hydrogens (tertiary/aromatic N) is 1. The van der Waals surface area contributed by atoms with E-state index in [1.165, 1.54) is 0 Å². The summed E-state index contributed by atoms with van der Waals surface area (Å²) >= 11 is 0.